The molecule has 0 saturated carbocycles. The molecule has 0 aromatic carbocycles. The molecule has 3 heterocycles. The van der Waals surface area contributed by atoms with Gasteiger partial charge in [-0.2, -0.15) is 11.8 Å². The summed E-state index contributed by atoms with van der Waals surface area (Å²) in [4.78, 5) is 4.61. The highest BCUT2D eigenvalue weighted by atomic mass is 35.5. The molecular formula is C12H13ClN2S. The van der Waals surface area contributed by atoms with Gasteiger partial charge in [-0.3, -0.25) is 4.40 Å². The highest BCUT2D eigenvalue weighted by Crippen LogP contribution is 2.26. The summed E-state index contributed by atoms with van der Waals surface area (Å²) in [5.41, 5.74) is 2.12. The second-order valence-corrected chi connectivity index (χ2v) is 5.78. The quantitative estimate of drug-likeness (QED) is 0.764. The lowest BCUT2D eigenvalue weighted by molar-refractivity contribution is 0.589. The van der Waals surface area contributed by atoms with Crippen LogP contribution in [0.3, 0.4) is 0 Å². The van der Waals surface area contributed by atoms with Crippen molar-refractivity contribution >= 4 is 29.0 Å². The summed E-state index contributed by atoms with van der Waals surface area (Å²) in [6.45, 7) is 0. The summed E-state index contributed by atoms with van der Waals surface area (Å²) in [5.74, 6) is 3.38. The second-order valence-electron chi connectivity index (χ2n) is 4.24. The number of aromatic nitrogens is 2. The molecular weight excluding hydrogens is 240 g/mol. The van der Waals surface area contributed by atoms with E-state index in [2.05, 4.69) is 22.9 Å². The van der Waals surface area contributed by atoms with Gasteiger partial charge in [0.2, 0.25) is 0 Å². The van der Waals surface area contributed by atoms with Crippen LogP contribution in [0.5, 0.6) is 0 Å². The van der Waals surface area contributed by atoms with Crippen molar-refractivity contribution in [1.82, 2.24) is 9.38 Å². The predicted molar refractivity (Wildman–Crippen MR) is 69.3 cm³/mol. The topological polar surface area (TPSA) is 17.3 Å². The molecule has 2 aromatic heterocycles. The van der Waals surface area contributed by atoms with Crippen molar-refractivity contribution in [3.05, 3.63) is 35.2 Å². The van der Waals surface area contributed by atoms with Crippen LogP contribution in [0.2, 0.25) is 5.15 Å². The number of fused-ring (bicyclic) bond motifs is 1. The van der Waals surface area contributed by atoms with Gasteiger partial charge in [-0.15, -0.1) is 0 Å². The van der Waals surface area contributed by atoms with E-state index in [1.54, 1.807) is 0 Å². The van der Waals surface area contributed by atoms with E-state index in [0.29, 0.717) is 0 Å². The zero-order chi connectivity index (χ0) is 11.0. The lowest BCUT2D eigenvalue weighted by atomic mass is 10.0. The van der Waals surface area contributed by atoms with Gasteiger partial charge in [-0.05, 0) is 42.4 Å². The van der Waals surface area contributed by atoms with E-state index in [-0.39, 0.29) is 0 Å². The van der Waals surface area contributed by atoms with E-state index in [1.807, 2.05) is 22.6 Å². The Balaban J connectivity index is 1.90. The maximum Gasteiger partial charge on any atom is 0.138 e. The number of halogens is 1. The molecule has 0 N–H and O–H groups in total. The maximum absolute atomic E-state index is 6.11. The summed E-state index contributed by atoms with van der Waals surface area (Å²) in [7, 11) is 0. The Morgan fingerprint density at radius 3 is 3.19 bits per heavy atom. The normalized spacial score (nSPS) is 20.7. The fourth-order valence-electron chi connectivity index (χ4n) is 2.17. The SMILES string of the molecule is Clc1cccc2nc(CC3CCSC3)cn12. The highest BCUT2D eigenvalue weighted by Gasteiger charge is 2.17. The number of thioether (sulfide) groups is 1. The van der Waals surface area contributed by atoms with Gasteiger partial charge in [0.05, 0.1) is 5.69 Å². The third-order valence-electron chi connectivity index (χ3n) is 3.01. The van der Waals surface area contributed by atoms with Crippen LogP contribution in [0.25, 0.3) is 5.65 Å². The van der Waals surface area contributed by atoms with Gasteiger partial charge in [0.1, 0.15) is 10.8 Å². The Bertz CT molecular complexity index is 503. The fraction of sp³-hybridized carbons (Fsp3) is 0.417. The van der Waals surface area contributed by atoms with Crippen LogP contribution < -0.4 is 0 Å². The van der Waals surface area contributed by atoms with Crippen LogP contribution >= 0.6 is 23.4 Å². The predicted octanol–water partition coefficient (Wildman–Crippen LogP) is 3.28. The Labute approximate surface area is 104 Å². The molecule has 84 valence electrons. The average molecular weight is 253 g/mol. The minimum absolute atomic E-state index is 0.733. The van der Waals surface area contributed by atoms with Crippen LogP contribution in [0.1, 0.15) is 12.1 Å². The number of imidazole rings is 1. The first kappa shape index (κ1) is 10.5. The van der Waals surface area contributed by atoms with E-state index in [0.717, 1.165) is 23.1 Å². The maximum atomic E-state index is 6.11. The van der Waals surface area contributed by atoms with Gasteiger partial charge in [0.25, 0.3) is 0 Å². The van der Waals surface area contributed by atoms with Crippen molar-refractivity contribution in [3.63, 3.8) is 0 Å². The Morgan fingerprint density at radius 1 is 1.50 bits per heavy atom. The van der Waals surface area contributed by atoms with Crippen molar-refractivity contribution in [2.45, 2.75) is 12.8 Å². The first-order chi connectivity index (χ1) is 7.83. The lowest BCUT2D eigenvalue weighted by Crippen LogP contribution is -2.02. The number of hydrogen-bond acceptors (Lipinski definition) is 2. The summed E-state index contributed by atoms with van der Waals surface area (Å²) in [6, 6.07) is 5.84. The molecule has 0 bridgehead atoms. The van der Waals surface area contributed by atoms with Crippen LogP contribution in [-0.4, -0.2) is 20.9 Å². The summed E-state index contributed by atoms with van der Waals surface area (Å²) >= 11 is 8.16. The van der Waals surface area contributed by atoms with E-state index in [4.69, 9.17) is 11.6 Å². The third kappa shape index (κ3) is 1.94. The number of pyridine rings is 1. The Kier molecular flexibility index (Phi) is 2.82. The average Bonchev–Trinajstić information content (AvgIpc) is 2.88. The Morgan fingerprint density at radius 2 is 2.44 bits per heavy atom. The molecule has 2 nitrogen and oxygen atoms in total. The molecule has 1 saturated heterocycles. The fourth-order valence-corrected chi connectivity index (χ4v) is 3.66. The third-order valence-corrected chi connectivity index (χ3v) is 4.55. The molecule has 0 amide bonds. The minimum atomic E-state index is 0.733. The summed E-state index contributed by atoms with van der Waals surface area (Å²) < 4.78 is 1.96. The molecule has 1 aliphatic rings. The summed E-state index contributed by atoms with van der Waals surface area (Å²) in [5, 5.41) is 0.733. The largest absolute Gasteiger partial charge is 0.290 e. The number of nitrogens with zero attached hydrogens (tertiary/aromatic N) is 2. The van der Waals surface area contributed by atoms with Crippen LogP contribution in [0, 0.1) is 5.92 Å². The van der Waals surface area contributed by atoms with E-state index >= 15 is 0 Å². The van der Waals surface area contributed by atoms with Gasteiger partial charge in [0.15, 0.2) is 0 Å². The van der Waals surface area contributed by atoms with Crippen LogP contribution in [0.15, 0.2) is 24.4 Å². The molecule has 0 spiro atoms. The van der Waals surface area contributed by atoms with Crippen molar-refractivity contribution in [1.29, 1.82) is 0 Å². The minimum Gasteiger partial charge on any atom is -0.290 e. The summed E-state index contributed by atoms with van der Waals surface area (Å²) in [6.07, 6.45) is 4.48. The van der Waals surface area contributed by atoms with Crippen molar-refractivity contribution in [2.24, 2.45) is 5.92 Å². The van der Waals surface area contributed by atoms with Gasteiger partial charge < -0.3 is 0 Å². The standard InChI is InChI=1S/C12H13ClN2S/c13-11-2-1-3-12-14-10(7-15(11)12)6-9-4-5-16-8-9/h1-3,7,9H,4-6,8H2. The van der Waals surface area contributed by atoms with E-state index < -0.39 is 0 Å². The zero-order valence-corrected chi connectivity index (χ0v) is 10.5. The van der Waals surface area contributed by atoms with Gasteiger partial charge in [-0.1, -0.05) is 17.7 Å². The molecule has 1 aliphatic heterocycles. The monoisotopic (exact) mass is 252 g/mol. The highest BCUT2D eigenvalue weighted by molar-refractivity contribution is 7.99. The van der Waals surface area contributed by atoms with E-state index in [9.17, 15) is 0 Å². The van der Waals surface area contributed by atoms with Crippen LogP contribution in [-0.2, 0) is 6.42 Å². The second kappa shape index (κ2) is 4.30. The molecule has 0 radical (unpaired) electrons. The molecule has 3 rings (SSSR count). The zero-order valence-electron chi connectivity index (χ0n) is 8.90. The van der Waals surface area contributed by atoms with Crippen molar-refractivity contribution < 1.29 is 0 Å². The molecule has 1 atom stereocenters. The smallest absolute Gasteiger partial charge is 0.138 e. The lowest BCUT2D eigenvalue weighted by Gasteiger charge is -2.03. The van der Waals surface area contributed by atoms with Crippen molar-refractivity contribution in [2.75, 3.05) is 11.5 Å². The number of rotatable bonds is 2. The number of hydrogen-bond donors (Lipinski definition) is 0. The van der Waals surface area contributed by atoms with Gasteiger partial charge in [0, 0.05) is 6.20 Å². The molecule has 16 heavy (non-hydrogen) atoms. The molecule has 4 heteroatoms. The Hall–Kier alpha value is -0.670. The van der Waals surface area contributed by atoms with E-state index in [1.165, 1.54) is 23.6 Å². The van der Waals surface area contributed by atoms with Gasteiger partial charge >= 0.3 is 0 Å². The molecule has 0 aliphatic carbocycles. The van der Waals surface area contributed by atoms with Gasteiger partial charge in [-0.25, -0.2) is 4.98 Å². The molecule has 2 aromatic rings. The van der Waals surface area contributed by atoms with Crippen molar-refractivity contribution in [3.8, 4) is 0 Å². The molecule has 1 fully saturated rings. The first-order valence-corrected chi connectivity index (χ1v) is 7.06. The van der Waals surface area contributed by atoms with Crippen LogP contribution in [0.4, 0.5) is 0 Å². The first-order valence-electron chi connectivity index (χ1n) is 5.53. The molecule has 1 unspecified atom stereocenters.